The van der Waals surface area contributed by atoms with Crippen LogP contribution in [0.1, 0.15) is 21.7 Å². The molecular formula is C15H16N2O2S. The summed E-state index contributed by atoms with van der Waals surface area (Å²) >= 11 is 1.48. The van der Waals surface area contributed by atoms with E-state index in [9.17, 15) is 4.79 Å². The molecule has 1 atom stereocenters. The minimum Gasteiger partial charge on any atom is -0.472 e. The molecule has 0 bridgehead atoms. The van der Waals surface area contributed by atoms with Crippen LogP contribution in [-0.4, -0.2) is 35.0 Å². The van der Waals surface area contributed by atoms with Crippen LogP contribution in [0.25, 0.3) is 0 Å². The first-order valence-electron chi connectivity index (χ1n) is 6.64. The standard InChI is InChI=1S/C15H16N2O2S/c1-11-4-5-14(16-9-11)19-12-6-7-17(10-12)15(18)13-3-2-8-20-13/h2-5,8-9,12H,6-7,10H2,1H3. The number of hydrogen-bond acceptors (Lipinski definition) is 4. The molecule has 0 radical (unpaired) electrons. The zero-order valence-corrected chi connectivity index (χ0v) is 12.1. The first-order chi connectivity index (χ1) is 9.72. The van der Waals surface area contributed by atoms with Gasteiger partial charge in [0.1, 0.15) is 6.10 Å². The SMILES string of the molecule is Cc1ccc(OC2CCN(C(=O)c3cccs3)C2)nc1. The maximum Gasteiger partial charge on any atom is 0.264 e. The second-order valence-corrected chi connectivity index (χ2v) is 5.88. The van der Waals surface area contributed by atoms with Crippen LogP contribution in [0, 0.1) is 6.92 Å². The van der Waals surface area contributed by atoms with E-state index in [1.54, 1.807) is 6.20 Å². The Morgan fingerprint density at radius 3 is 3.05 bits per heavy atom. The van der Waals surface area contributed by atoms with Crippen LogP contribution in [-0.2, 0) is 0 Å². The first-order valence-corrected chi connectivity index (χ1v) is 7.52. The van der Waals surface area contributed by atoms with Gasteiger partial charge in [0.15, 0.2) is 0 Å². The van der Waals surface area contributed by atoms with E-state index >= 15 is 0 Å². The third kappa shape index (κ3) is 2.82. The van der Waals surface area contributed by atoms with Gasteiger partial charge in [-0.3, -0.25) is 4.79 Å². The quantitative estimate of drug-likeness (QED) is 0.872. The number of rotatable bonds is 3. The van der Waals surface area contributed by atoms with Gasteiger partial charge in [-0.2, -0.15) is 0 Å². The lowest BCUT2D eigenvalue weighted by molar-refractivity contribution is 0.0776. The average Bonchev–Trinajstić information content (AvgIpc) is 3.12. The number of thiophene rings is 1. The third-order valence-electron chi connectivity index (χ3n) is 3.34. The van der Waals surface area contributed by atoms with E-state index in [1.165, 1.54) is 11.3 Å². The molecule has 1 aliphatic heterocycles. The number of hydrogen-bond donors (Lipinski definition) is 0. The summed E-state index contributed by atoms with van der Waals surface area (Å²) in [4.78, 5) is 19.1. The van der Waals surface area contributed by atoms with Gasteiger partial charge in [0.05, 0.1) is 11.4 Å². The summed E-state index contributed by atoms with van der Waals surface area (Å²) in [7, 11) is 0. The van der Waals surface area contributed by atoms with Crippen molar-refractivity contribution in [3.63, 3.8) is 0 Å². The molecule has 104 valence electrons. The molecule has 20 heavy (non-hydrogen) atoms. The molecule has 1 aliphatic rings. The van der Waals surface area contributed by atoms with Crippen LogP contribution in [0.2, 0.25) is 0 Å². The molecule has 1 unspecified atom stereocenters. The van der Waals surface area contributed by atoms with Gasteiger partial charge in [0.25, 0.3) is 5.91 Å². The van der Waals surface area contributed by atoms with E-state index in [0.29, 0.717) is 12.4 Å². The maximum absolute atomic E-state index is 12.2. The molecule has 1 saturated heterocycles. The van der Waals surface area contributed by atoms with E-state index in [1.807, 2.05) is 41.5 Å². The number of aromatic nitrogens is 1. The lowest BCUT2D eigenvalue weighted by atomic mass is 10.3. The topological polar surface area (TPSA) is 42.4 Å². The van der Waals surface area contributed by atoms with Gasteiger partial charge in [-0.15, -0.1) is 11.3 Å². The summed E-state index contributed by atoms with van der Waals surface area (Å²) in [5.41, 5.74) is 1.11. The Balaban J connectivity index is 1.59. The van der Waals surface area contributed by atoms with Gasteiger partial charge in [-0.1, -0.05) is 12.1 Å². The zero-order valence-electron chi connectivity index (χ0n) is 11.3. The molecule has 3 heterocycles. The van der Waals surface area contributed by atoms with Crippen molar-refractivity contribution in [3.8, 4) is 5.88 Å². The second kappa shape index (κ2) is 5.63. The van der Waals surface area contributed by atoms with Crippen molar-refractivity contribution in [1.82, 2.24) is 9.88 Å². The van der Waals surface area contributed by atoms with Gasteiger partial charge in [0.2, 0.25) is 5.88 Å². The molecule has 0 spiro atoms. The molecule has 0 N–H and O–H groups in total. The number of pyridine rings is 1. The fourth-order valence-electron chi connectivity index (χ4n) is 2.26. The molecule has 1 amide bonds. The maximum atomic E-state index is 12.2. The molecule has 2 aromatic rings. The van der Waals surface area contributed by atoms with Crippen LogP contribution < -0.4 is 4.74 Å². The number of nitrogens with zero attached hydrogens (tertiary/aromatic N) is 2. The summed E-state index contributed by atoms with van der Waals surface area (Å²) in [5, 5.41) is 1.92. The van der Waals surface area contributed by atoms with Crippen molar-refractivity contribution in [2.24, 2.45) is 0 Å². The van der Waals surface area contributed by atoms with E-state index in [4.69, 9.17) is 4.74 Å². The molecule has 0 aliphatic carbocycles. The predicted molar refractivity (Wildman–Crippen MR) is 78.2 cm³/mol. The fraction of sp³-hybridized carbons (Fsp3) is 0.333. The van der Waals surface area contributed by atoms with Gasteiger partial charge in [-0.05, 0) is 23.9 Å². The van der Waals surface area contributed by atoms with Crippen molar-refractivity contribution in [2.45, 2.75) is 19.4 Å². The molecule has 4 nitrogen and oxygen atoms in total. The lowest BCUT2D eigenvalue weighted by Gasteiger charge is -2.16. The Labute approximate surface area is 122 Å². The van der Waals surface area contributed by atoms with E-state index in [0.717, 1.165) is 23.4 Å². The Morgan fingerprint density at radius 2 is 2.35 bits per heavy atom. The summed E-state index contributed by atoms with van der Waals surface area (Å²) in [5.74, 6) is 0.731. The molecule has 0 saturated carbocycles. The van der Waals surface area contributed by atoms with Crippen LogP contribution in [0.4, 0.5) is 0 Å². The molecule has 1 fully saturated rings. The minimum atomic E-state index is 0.0362. The largest absolute Gasteiger partial charge is 0.472 e. The highest BCUT2D eigenvalue weighted by atomic mass is 32.1. The average molecular weight is 288 g/mol. The number of aryl methyl sites for hydroxylation is 1. The van der Waals surface area contributed by atoms with Crippen LogP contribution in [0.3, 0.4) is 0 Å². The predicted octanol–water partition coefficient (Wildman–Crippen LogP) is 2.75. The molecule has 5 heteroatoms. The number of carbonyl (C=O) groups is 1. The van der Waals surface area contributed by atoms with E-state index < -0.39 is 0 Å². The van der Waals surface area contributed by atoms with Gasteiger partial charge in [0, 0.05) is 25.2 Å². The summed E-state index contributed by atoms with van der Waals surface area (Å²) in [6.07, 6.45) is 2.68. The Kier molecular flexibility index (Phi) is 3.69. The van der Waals surface area contributed by atoms with Crippen LogP contribution in [0.15, 0.2) is 35.8 Å². The third-order valence-corrected chi connectivity index (χ3v) is 4.19. The normalized spacial score (nSPS) is 18.2. The number of ether oxygens (including phenoxy) is 1. The number of carbonyl (C=O) groups excluding carboxylic acids is 1. The van der Waals surface area contributed by atoms with Crippen molar-refractivity contribution < 1.29 is 9.53 Å². The van der Waals surface area contributed by atoms with Crippen molar-refractivity contribution in [3.05, 3.63) is 46.3 Å². The zero-order chi connectivity index (χ0) is 13.9. The van der Waals surface area contributed by atoms with Crippen molar-refractivity contribution >= 4 is 17.2 Å². The summed E-state index contributed by atoms with van der Waals surface area (Å²) in [6, 6.07) is 7.62. The monoisotopic (exact) mass is 288 g/mol. The summed E-state index contributed by atoms with van der Waals surface area (Å²) in [6.45, 7) is 3.37. The molecule has 3 rings (SSSR count). The smallest absolute Gasteiger partial charge is 0.264 e. The Hall–Kier alpha value is -1.88. The van der Waals surface area contributed by atoms with E-state index in [2.05, 4.69) is 4.98 Å². The number of likely N-dealkylation sites (tertiary alicyclic amines) is 1. The second-order valence-electron chi connectivity index (χ2n) is 4.93. The van der Waals surface area contributed by atoms with Gasteiger partial charge >= 0.3 is 0 Å². The highest BCUT2D eigenvalue weighted by Crippen LogP contribution is 2.20. The van der Waals surface area contributed by atoms with Crippen LogP contribution in [0.5, 0.6) is 5.88 Å². The van der Waals surface area contributed by atoms with Crippen molar-refractivity contribution in [1.29, 1.82) is 0 Å². The first kappa shape index (κ1) is 13.1. The summed E-state index contributed by atoms with van der Waals surface area (Å²) < 4.78 is 5.83. The minimum absolute atomic E-state index is 0.0362. The van der Waals surface area contributed by atoms with E-state index in [-0.39, 0.29) is 12.0 Å². The Bertz CT molecular complexity index is 580. The lowest BCUT2D eigenvalue weighted by Crippen LogP contribution is -2.30. The molecular weight excluding hydrogens is 272 g/mol. The Morgan fingerprint density at radius 1 is 1.45 bits per heavy atom. The molecule has 2 aromatic heterocycles. The van der Waals surface area contributed by atoms with Gasteiger partial charge in [-0.25, -0.2) is 4.98 Å². The van der Waals surface area contributed by atoms with Crippen LogP contribution >= 0.6 is 11.3 Å². The highest BCUT2D eigenvalue weighted by molar-refractivity contribution is 7.12. The highest BCUT2D eigenvalue weighted by Gasteiger charge is 2.28. The van der Waals surface area contributed by atoms with Gasteiger partial charge < -0.3 is 9.64 Å². The molecule has 0 aromatic carbocycles. The number of amides is 1. The fourth-order valence-corrected chi connectivity index (χ4v) is 2.95. The van der Waals surface area contributed by atoms with Crippen molar-refractivity contribution in [2.75, 3.05) is 13.1 Å².